The van der Waals surface area contributed by atoms with Crippen LogP contribution in [0.2, 0.25) is 0 Å². The van der Waals surface area contributed by atoms with E-state index in [-0.39, 0.29) is 12.0 Å². The van der Waals surface area contributed by atoms with Crippen LogP contribution in [0.1, 0.15) is 52.9 Å². The zero-order valence-electron chi connectivity index (χ0n) is 11.7. The molecule has 1 aliphatic rings. The summed E-state index contributed by atoms with van der Waals surface area (Å²) in [5.74, 6) is 0.790. The van der Waals surface area contributed by atoms with Crippen LogP contribution in [0.25, 0.3) is 0 Å². The monoisotopic (exact) mass is 241 g/mol. The number of hydrogen-bond donors (Lipinski definition) is 0. The van der Waals surface area contributed by atoms with Crippen molar-refractivity contribution in [3.05, 3.63) is 0 Å². The van der Waals surface area contributed by atoms with E-state index in [2.05, 4.69) is 25.8 Å². The van der Waals surface area contributed by atoms with Gasteiger partial charge in [0.05, 0.1) is 6.61 Å². The molecule has 0 bridgehead atoms. The molecule has 0 aromatic rings. The first-order chi connectivity index (χ1) is 8.10. The predicted octanol–water partition coefficient (Wildman–Crippen LogP) is 2.84. The Morgan fingerprint density at radius 1 is 1.29 bits per heavy atom. The molecular formula is C14H27NO2. The molecule has 0 N–H and O–H groups in total. The average Bonchev–Trinajstić information content (AvgIpc) is 2.31. The summed E-state index contributed by atoms with van der Waals surface area (Å²) in [4.78, 5) is 14.1. The van der Waals surface area contributed by atoms with E-state index < -0.39 is 0 Å². The summed E-state index contributed by atoms with van der Waals surface area (Å²) in [6.07, 6.45) is 5.84. The zero-order chi connectivity index (χ0) is 12.8. The number of hydrogen-bond acceptors (Lipinski definition) is 3. The lowest BCUT2D eigenvalue weighted by molar-refractivity contribution is -0.150. The largest absolute Gasteiger partial charge is 0.465 e. The molecule has 0 aliphatic heterocycles. The van der Waals surface area contributed by atoms with Gasteiger partial charge in [-0.3, -0.25) is 9.69 Å². The molecule has 1 saturated carbocycles. The summed E-state index contributed by atoms with van der Waals surface area (Å²) < 4.78 is 5.15. The molecule has 0 heterocycles. The van der Waals surface area contributed by atoms with Crippen molar-refractivity contribution in [3.8, 4) is 0 Å². The van der Waals surface area contributed by atoms with E-state index >= 15 is 0 Å². The van der Waals surface area contributed by atoms with E-state index in [0.717, 1.165) is 12.3 Å². The molecule has 0 aromatic heterocycles. The van der Waals surface area contributed by atoms with Crippen LogP contribution in [-0.4, -0.2) is 36.6 Å². The van der Waals surface area contributed by atoms with Gasteiger partial charge >= 0.3 is 5.97 Å². The van der Waals surface area contributed by atoms with Gasteiger partial charge < -0.3 is 4.74 Å². The van der Waals surface area contributed by atoms with E-state index in [4.69, 9.17) is 4.74 Å². The molecule has 1 rings (SSSR count). The molecule has 100 valence electrons. The Morgan fingerprint density at radius 2 is 1.88 bits per heavy atom. The highest BCUT2D eigenvalue weighted by Gasteiger charge is 2.30. The van der Waals surface area contributed by atoms with Crippen LogP contribution >= 0.6 is 0 Å². The van der Waals surface area contributed by atoms with Crippen molar-refractivity contribution in [3.63, 3.8) is 0 Å². The fourth-order valence-electron chi connectivity index (χ4n) is 2.76. The molecule has 0 amide bonds. The molecular weight excluding hydrogens is 214 g/mol. The lowest BCUT2D eigenvalue weighted by Gasteiger charge is -2.37. The summed E-state index contributed by atoms with van der Waals surface area (Å²) >= 11 is 0. The van der Waals surface area contributed by atoms with Gasteiger partial charge in [0.15, 0.2) is 0 Å². The highest BCUT2D eigenvalue weighted by molar-refractivity contribution is 5.75. The van der Waals surface area contributed by atoms with Crippen LogP contribution < -0.4 is 0 Å². The van der Waals surface area contributed by atoms with Gasteiger partial charge in [-0.25, -0.2) is 0 Å². The fourth-order valence-corrected chi connectivity index (χ4v) is 2.76. The second-order valence-corrected chi connectivity index (χ2v) is 5.26. The van der Waals surface area contributed by atoms with Crippen molar-refractivity contribution in [2.45, 2.75) is 65.0 Å². The number of carbonyl (C=O) groups is 1. The predicted molar refractivity (Wildman–Crippen MR) is 69.9 cm³/mol. The maximum atomic E-state index is 11.9. The minimum Gasteiger partial charge on any atom is -0.465 e. The summed E-state index contributed by atoms with van der Waals surface area (Å²) in [7, 11) is 2.08. The van der Waals surface area contributed by atoms with Crippen molar-refractivity contribution in [1.82, 2.24) is 4.90 Å². The summed E-state index contributed by atoms with van der Waals surface area (Å²) in [6, 6.07) is 0.494. The molecule has 1 fully saturated rings. The number of likely N-dealkylation sites (N-methyl/N-ethyl adjacent to an activating group) is 1. The zero-order valence-corrected chi connectivity index (χ0v) is 11.7. The highest BCUT2D eigenvalue weighted by atomic mass is 16.5. The number of ether oxygens (including phenoxy) is 1. The van der Waals surface area contributed by atoms with Gasteiger partial charge in [-0.15, -0.1) is 0 Å². The van der Waals surface area contributed by atoms with Gasteiger partial charge in [-0.2, -0.15) is 0 Å². The van der Waals surface area contributed by atoms with Crippen molar-refractivity contribution in [1.29, 1.82) is 0 Å². The smallest absolute Gasteiger partial charge is 0.323 e. The Labute approximate surface area is 106 Å². The minimum atomic E-state index is -0.0617. The quantitative estimate of drug-likeness (QED) is 0.693. The Morgan fingerprint density at radius 3 is 2.35 bits per heavy atom. The maximum absolute atomic E-state index is 11.9. The van der Waals surface area contributed by atoms with Gasteiger partial charge in [0.25, 0.3) is 0 Å². The second-order valence-electron chi connectivity index (χ2n) is 5.26. The lowest BCUT2D eigenvalue weighted by Crippen LogP contribution is -2.46. The van der Waals surface area contributed by atoms with Crippen LogP contribution in [0.15, 0.2) is 0 Å². The van der Waals surface area contributed by atoms with Gasteiger partial charge in [0.2, 0.25) is 0 Å². The van der Waals surface area contributed by atoms with E-state index in [1.54, 1.807) is 0 Å². The maximum Gasteiger partial charge on any atom is 0.323 e. The van der Waals surface area contributed by atoms with Gasteiger partial charge in [0.1, 0.15) is 6.04 Å². The van der Waals surface area contributed by atoms with Crippen LogP contribution in [-0.2, 0) is 9.53 Å². The Hall–Kier alpha value is -0.570. The molecule has 0 spiro atoms. The lowest BCUT2D eigenvalue weighted by atomic mass is 9.86. The van der Waals surface area contributed by atoms with Gasteiger partial charge in [-0.05, 0) is 52.0 Å². The standard InChI is InChI=1S/C14H27NO2/c1-5-13(14(16)17-6-2)15(4)12-9-7-11(3)8-10-12/h11-13H,5-10H2,1-4H3. The Bertz CT molecular complexity index is 234. The summed E-state index contributed by atoms with van der Waals surface area (Å²) in [5, 5.41) is 0. The van der Waals surface area contributed by atoms with E-state index in [0.29, 0.717) is 12.6 Å². The Balaban J connectivity index is 2.53. The van der Waals surface area contributed by atoms with E-state index in [1.165, 1.54) is 25.7 Å². The first-order valence-electron chi connectivity index (χ1n) is 6.98. The van der Waals surface area contributed by atoms with Gasteiger partial charge in [-0.1, -0.05) is 13.8 Å². The average molecular weight is 241 g/mol. The van der Waals surface area contributed by atoms with Crippen molar-refractivity contribution < 1.29 is 9.53 Å². The van der Waals surface area contributed by atoms with Crippen molar-refractivity contribution >= 4 is 5.97 Å². The third-order valence-corrected chi connectivity index (χ3v) is 4.00. The van der Waals surface area contributed by atoms with Crippen molar-refractivity contribution in [2.24, 2.45) is 5.92 Å². The molecule has 17 heavy (non-hydrogen) atoms. The SMILES string of the molecule is CCOC(=O)C(CC)N(C)C1CCC(C)CC1. The molecule has 1 aliphatic carbocycles. The molecule has 0 aromatic carbocycles. The topological polar surface area (TPSA) is 29.5 Å². The third kappa shape index (κ3) is 3.98. The first kappa shape index (κ1) is 14.5. The number of rotatable bonds is 5. The summed E-state index contributed by atoms with van der Waals surface area (Å²) in [5.41, 5.74) is 0. The molecule has 1 atom stereocenters. The number of esters is 1. The number of carbonyl (C=O) groups excluding carboxylic acids is 1. The summed E-state index contributed by atoms with van der Waals surface area (Å²) in [6.45, 7) is 6.72. The molecule has 3 nitrogen and oxygen atoms in total. The Kier molecular flexibility index (Phi) is 5.96. The van der Waals surface area contributed by atoms with Gasteiger partial charge in [0, 0.05) is 6.04 Å². The van der Waals surface area contributed by atoms with Crippen molar-refractivity contribution in [2.75, 3.05) is 13.7 Å². The molecule has 0 saturated heterocycles. The van der Waals surface area contributed by atoms with Crippen LogP contribution in [0.4, 0.5) is 0 Å². The highest BCUT2D eigenvalue weighted by Crippen LogP contribution is 2.28. The van der Waals surface area contributed by atoms with E-state index in [1.807, 2.05) is 6.92 Å². The number of nitrogens with zero attached hydrogens (tertiary/aromatic N) is 1. The van der Waals surface area contributed by atoms with Crippen LogP contribution in [0, 0.1) is 5.92 Å². The second kappa shape index (κ2) is 7.00. The van der Waals surface area contributed by atoms with E-state index in [9.17, 15) is 4.79 Å². The molecule has 1 unspecified atom stereocenters. The first-order valence-corrected chi connectivity index (χ1v) is 6.98. The van der Waals surface area contributed by atoms with Crippen LogP contribution in [0.3, 0.4) is 0 Å². The third-order valence-electron chi connectivity index (χ3n) is 4.00. The molecule has 3 heteroatoms. The molecule has 0 radical (unpaired) electrons. The van der Waals surface area contributed by atoms with Crippen LogP contribution in [0.5, 0.6) is 0 Å². The minimum absolute atomic E-state index is 0.0591. The normalized spacial score (nSPS) is 26.9. The fraction of sp³-hybridized carbons (Fsp3) is 0.929.